The van der Waals surface area contributed by atoms with Gasteiger partial charge in [-0.15, -0.1) is 0 Å². The zero-order chi connectivity index (χ0) is 18.6. The summed E-state index contributed by atoms with van der Waals surface area (Å²) >= 11 is 7.31. The zero-order valence-corrected chi connectivity index (χ0v) is 17.2. The van der Waals surface area contributed by atoms with Gasteiger partial charge in [0.1, 0.15) is 12.3 Å². The fraction of sp³-hybridized carbons (Fsp3) is 0.500. The van der Waals surface area contributed by atoms with Crippen LogP contribution in [0.4, 0.5) is 5.69 Å². The predicted octanol–water partition coefficient (Wildman–Crippen LogP) is 2.41. The first-order chi connectivity index (χ1) is 12.4. The van der Waals surface area contributed by atoms with E-state index in [-0.39, 0.29) is 51.7 Å². The van der Waals surface area contributed by atoms with Crippen molar-refractivity contribution >= 4 is 55.3 Å². The number of likely N-dealkylation sites (tertiary alicyclic amines) is 1. The molecule has 0 spiro atoms. The second-order valence-corrected chi connectivity index (χ2v) is 9.13. The standard InChI is InChI=1S/C18H18Br2N2O4/c1-26-11-5-3-2-4-10(11)21-12(23)7-22-17(24)13-8-6-9(14(13)18(22)25)16(20)15(8)19/h2-5,8-9,13-16H,6-7H2,1H3,(H,21,23)/t8-,9-,13-,14-,15+,16+/m1/s1. The van der Waals surface area contributed by atoms with E-state index in [1.54, 1.807) is 24.3 Å². The third-order valence-electron chi connectivity index (χ3n) is 5.76. The predicted molar refractivity (Wildman–Crippen MR) is 102 cm³/mol. The molecule has 2 bridgehead atoms. The molecule has 1 aliphatic heterocycles. The molecule has 138 valence electrons. The lowest BCUT2D eigenvalue weighted by atomic mass is 9.81. The Labute approximate surface area is 167 Å². The number of anilines is 1. The number of amides is 3. The maximum atomic E-state index is 12.8. The number of hydrogen-bond acceptors (Lipinski definition) is 4. The molecule has 0 aromatic heterocycles. The van der Waals surface area contributed by atoms with Crippen molar-refractivity contribution < 1.29 is 19.1 Å². The molecule has 3 aliphatic rings. The number of carbonyl (C=O) groups excluding carboxylic acids is 3. The number of nitrogens with zero attached hydrogens (tertiary/aromatic N) is 1. The van der Waals surface area contributed by atoms with Crippen molar-refractivity contribution in [2.45, 2.75) is 16.1 Å². The van der Waals surface area contributed by atoms with Gasteiger partial charge in [-0.05, 0) is 30.4 Å². The largest absolute Gasteiger partial charge is 0.495 e. The van der Waals surface area contributed by atoms with Crippen LogP contribution in [-0.2, 0) is 14.4 Å². The van der Waals surface area contributed by atoms with Crippen LogP contribution in [0.25, 0.3) is 0 Å². The molecule has 2 aliphatic carbocycles. The van der Waals surface area contributed by atoms with Crippen LogP contribution in [0, 0.1) is 23.7 Å². The Bertz CT molecular complexity index is 754. The van der Waals surface area contributed by atoms with E-state index < -0.39 is 5.91 Å². The number of carbonyl (C=O) groups is 3. The van der Waals surface area contributed by atoms with Gasteiger partial charge in [0.05, 0.1) is 24.6 Å². The van der Waals surface area contributed by atoms with Crippen LogP contribution >= 0.6 is 31.9 Å². The molecular formula is C18H18Br2N2O4. The fourth-order valence-corrected chi connectivity index (χ4v) is 6.52. The first kappa shape index (κ1) is 18.0. The van der Waals surface area contributed by atoms with E-state index in [0.717, 1.165) is 11.3 Å². The number of ether oxygens (including phenoxy) is 1. The van der Waals surface area contributed by atoms with Crippen LogP contribution in [0.2, 0.25) is 0 Å². The molecular weight excluding hydrogens is 468 g/mol. The number of nitrogens with one attached hydrogen (secondary N) is 1. The Morgan fingerprint density at radius 1 is 1.15 bits per heavy atom. The quantitative estimate of drug-likeness (QED) is 0.525. The summed E-state index contributed by atoms with van der Waals surface area (Å²) < 4.78 is 5.21. The summed E-state index contributed by atoms with van der Waals surface area (Å²) in [5, 5.41) is 2.72. The molecule has 2 saturated carbocycles. The molecule has 6 atom stereocenters. The van der Waals surface area contributed by atoms with Crippen LogP contribution in [-0.4, -0.2) is 45.9 Å². The monoisotopic (exact) mass is 484 g/mol. The van der Waals surface area contributed by atoms with Gasteiger partial charge in [0.2, 0.25) is 17.7 Å². The van der Waals surface area contributed by atoms with Crippen LogP contribution in [0.5, 0.6) is 5.75 Å². The SMILES string of the molecule is COc1ccccc1NC(=O)CN1C(=O)[C@@H]2[C@H]3C[C@@H]([C@H](Br)[C@H]3Br)[C@H]2C1=O. The summed E-state index contributed by atoms with van der Waals surface area (Å²) in [7, 11) is 1.52. The molecule has 3 amide bonds. The van der Waals surface area contributed by atoms with Crippen molar-refractivity contribution in [2.24, 2.45) is 23.7 Å². The minimum Gasteiger partial charge on any atom is -0.495 e. The van der Waals surface area contributed by atoms with Crippen LogP contribution in [0.15, 0.2) is 24.3 Å². The van der Waals surface area contributed by atoms with Crippen LogP contribution in [0.3, 0.4) is 0 Å². The van der Waals surface area contributed by atoms with Gasteiger partial charge < -0.3 is 10.1 Å². The summed E-state index contributed by atoms with van der Waals surface area (Å²) in [4.78, 5) is 39.6. The lowest BCUT2D eigenvalue weighted by Gasteiger charge is -2.28. The summed E-state index contributed by atoms with van der Waals surface area (Å²) in [6, 6.07) is 7.02. The molecule has 8 heteroatoms. The van der Waals surface area contributed by atoms with Gasteiger partial charge >= 0.3 is 0 Å². The van der Waals surface area contributed by atoms with E-state index in [1.165, 1.54) is 7.11 Å². The molecule has 3 fully saturated rings. The summed E-state index contributed by atoms with van der Waals surface area (Å²) in [6.07, 6.45) is 0.875. The Kier molecular flexibility index (Phi) is 4.59. The summed E-state index contributed by atoms with van der Waals surface area (Å²) in [5.41, 5.74) is 0.514. The number of rotatable bonds is 4. The number of hydrogen-bond donors (Lipinski definition) is 1. The molecule has 4 rings (SSSR count). The van der Waals surface area contributed by atoms with Gasteiger partial charge in [0.15, 0.2) is 0 Å². The van der Waals surface area contributed by atoms with Crippen molar-refractivity contribution in [1.82, 2.24) is 4.90 Å². The molecule has 1 aromatic rings. The highest BCUT2D eigenvalue weighted by Gasteiger charge is 2.66. The summed E-state index contributed by atoms with van der Waals surface area (Å²) in [6.45, 7) is -0.262. The number of fused-ring (bicyclic) bond motifs is 5. The topological polar surface area (TPSA) is 75.7 Å². The normalized spacial score (nSPS) is 35.0. The Hall–Kier alpha value is -1.41. The van der Waals surface area contributed by atoms with E-state index in [0.29, 0.717) is 11.4 Å². The van der Waals surface area contributed by atoms with Crippen molar-refractivity contribution in [3.8, 4) is 5.75 Å². The Balaban J connectivity index is 1.49. The van der Waals surface area contributed by atoms with Gasteiger partial charge in [-0.25, -0.2) is 0 Å². The van der Waals surface area contributed by atoms with E-state index in [4.69, 9.17) is 4.74 Å². The smallest absolute Gasteiger partial charge is 0.244 e. The fourth-order valence-electron chi connectivity index (χ4n) is 4.65. The third-order valence-corrected chi connectivity index (χ3v) is 8.97. The maximum absolute atomic E-state index is 12.8. The highest BCUT2D eigenvalue weighted by molar-refractivity contribution is 9.12. The number of para-hydroxylation sites is 2. The Morgan fingerprint density at radius 3 is 2.31 bits per heavy atom. The number of imide groups is 1. The van der Waals surface area contributed by atoms with E-state index in [1.807, 2.05) is 0 Å². The van der Waals surface area contributed by atoms with Crippen molar-refractivity contribution in [2.75, 3.05) is 19.0 Å². The van der Waals surface area contributed by atoms with E-state index in [9.17, 15) is 14.4 Å². The lowest BCUT2D eigenvalue weighted by Crippen LogP contribution is -2.39. The average molecular weight is 486 g/mol. The number of benzene rings is 1. The molecule has 6 nitrogen and oxygen atoms in total. The first-order valence-electron chi connectivity index (χ1n) is 8.50. The van der Waals surface area contributed by atoms with Crippen LogP contribution in [0.1, 0.15) is 6.42 Å². The van der Waals surface area contributed by atoms with Crippen molar-refractivity contribution in [3.63, 3.8) is 0 Å². The lowest BCUT2D eigenvalue weighted by molar-refractivity contribution is -0.143. The molecule has 1 N–H and O–H groups in total. The minimum atomic E-state index is -0.408. The van der Waals surface area contributed by atoms with Crippen LogP contribution < -0.4 is 10.1 Å². The van der Waals surface area contributed by atoms with Crippen molar-refractivity contribution in [1.29, 1.82) is 0 Å². The second kappa shape index (κ2) is 6.64. The molecule has 0 unspecified atom stereocenters. The van der Waals surface area contributed by atoms with E-state index in [2.05, 4.69) is 37.2 Å². The number of alkyl halides is 2. The van der Waals surface area contributed by atoms with Crippen molar-refractivity contribution in [3.05, 3.63) is 24.3 Å². The highest BCUT2D eigenvalue weighted by Crippen LogP contribution is 2.60. The third kappa shape index (κ3) is 2.60. The van der Waals surface area contributed by atoms with Gasteiger partial charge in [0.25, 0.3) is 0 Å². The number of methoxy groups -OCH3 is 1. The second-order valence-electron chi connectivity index (χ2n) is 7.01. The van der Waals surface area contributed by atoms with Gasteiger partial charge in [0, 0.05) is 9.65 Å². The molecule has 1 heterocycles. The minimum absolute atomic E-state index is 0.146. The van der Waals surface area contributed by atoms with Gasteiger partial charge in [-0.1, -0.05) is 44.0 Å². The van der Waals surface area contributed by atoms with E-state index >= 15 is 0 Å². The molecule has 26 heavy (non-hydrogen) atoms. The maximum Gasteiger partial charge on any atom is 0.244 e. The summed E-state index contributed by atoms with van der Waals surface area (Å²) in [5.74, 6) is -0.623. The first-order valence-corrected chi connectivity index (χ1v) is 10.3. The average Bonchev–Trinajstić information content (AvgIpc) is 3.23. The highest BCUT2D eigenvalue weighted by atomic mass is 79.9. The molecule has 0 radical (unpaired) electrons. The zero-order valence-electron chi connectivity index (χ0n) is 14.0. The Morgan fingerprint density at radius 2 is 1.73 bits per heavy atom. The molecule has 1 saturated heterocycles. The number of halogens is 2. The van der Waals surface area contributed by atoms with Gasteiger partial charge in [-0.2, -0.15) is 0 Å². The molecule has 1 aromatic carbocycles. The van der Waals surface area contributed by atoms with Gasteiger partial charge in [-0.3, -0.25) is 19.3 Å².